The zero-order chi connectivity index (χ0) is 14.9. The van der Waals surface area contributed by atoms with Crippen molar-refractivity contribution in [3.05, 3.63) is 65.7 Å². The van der Waals surface area contributed by atoms with Crippen molar-refractivity contribution in [1.82, 2.24) is 0 Å². The molecule has 0 aromatic heterocycles. The van der Waals surface area contributed by atoms with Gasteiger partial charge in [0.2, 0.25) is 0 Å². The van der Waals surface area contributed by atoms with Crippen LogP contribution in [0.2, 0.25) is 0 Å². The average Bonchev–Trinajstić information content (AvgIpc) is 2.51. The number of para-hydroxylation sites is 1. The number of hydrogen-bond acceptors (Lipinski definition) is 2. The molecule has 22 heavy (non-hydrogen) atoms. The summed E-state index contributed by atoms with van der Waals surface area (Å²) in [4.78, 5) is 0. The van der Waals surface area contributed by atoms with Gasteiger partial charge in [-0.05, 0) is 49.8 Å². The summed E-state index contributed by atoms with van der Waals surface area (Å²) in [5.41, 5.74) is 2.63. The van der Waals surface area contributed by atoms with Crippen LogP contribution in [0.5, 0.6) is 5.75 Å². The lowest BCUT2D eigenvalue weighted by molar-refractivity contribution is 0.122. The molecule has 2 rings (SSSR count). The second kappa shape index (κ2) is 10.3. The van der Waals surface area contributed by atoms with Crippen LogP contribution in [0.1, 0.15) is 30.9 Å². The van der Waals surface area contributed by atoms with Crippen molar-refractivity contribution >= 4 is 12.4 Å². The van der Waals surface area contributed by atoms with E-state index in [4.69, 9.17) is 4.74 Å². The highest BCUT2D eigenvalue weighted by atomic mass is 35.5. The maximum Gasteiger partial charge on any atom is 0.122 e. The lowest BCUT2D eigenvalue weighted by Crippen LogP contribution is -2.13. The fraction of sp³-hybridized carbons (Fsp3) is 0.368. The molecular formula is C19H25ClO2. The first-order chi connectivity index (χ1) is 10.3. The molecule has 0 aliphatic heterocycles. The summed E-state index contributed by atoms with van der Waals surface area (Å²) in [5.74, 6) is 0.901. The van der Waals surface area contributed by atoms with Gasteiger partial charge in [0.1, 0.15) is 12.4 Å². The molecule has 120 valence electrons. The molecule has 1 unspecified atom stereocenters. The van der Waals surface area contributed by atoms with Crippen molar-refractivity contribution in [2.75, 3.05) is 6.61 Å². The first-order valence-corrected chi connectivity index (χ1v) is 7.68. The van der Waals surface area contributed by atoms with Crippen LogP contribution >= 0.6 is 12.4 Å². The standard InChI is InChI=1S/C19H24O2.ClH/c1-16(20)15-21-19-14-8-7-13-18(19)12-6-5-11-17-9-3-2-4-10-17;/h2-4,7-10,13-14,16,20H,5-6,11-12,15H2,1H3;1H. The van der Waals surface area contributed by atoms with Crippen molar-refractivity contribution in [2.24, 2.45) is 0 Å². The molecule has 0 spiro atoms. The molecule has 1 N–H and O–H groups in total. The lowest BCUT2D eigenvalue weighted by Gasteiger charge is -2.12. The predicted octanol–water partition coefficient (Wildman–Crippen LogP) is 4.43. The Hall–Kier alpha value is -1.51. The van der Waals surface area contributed by atoms with Gasteiger partial charge < -0.3 is 9.84 Å². The highest BCUT2D eigenvalue weighted by Crippen LogP contribution is 2.20. The molecule has 2 aromatic rings. The molecule has 0 amide bonds. The highest BCUT2D eigenvalue weighted by Gasteiger charge is 2.04. The van der Waals surface area contributed by atoms with Gasteiger partial charge in [0, 0.05) is 0 Å². The van der Waals surface area contributed by atoms with Gasteiger partial charge >= 0.3 is 0 Å². The van der Waals surface area contributed by atoms with Crippen LogP contribution in [0, 0.1) is 0 Å². The van der Waals surface area contributed by atoms with Gasteiger partial charge in [0.15, 0.2) is 0 Å². The van der Waals surface area contributed by atoms with E-state index >= 15 is 0 Å². The fourth-order valence-electron chi connectivity index (χ4n) is 2.35. The summed E-state index contributed by atoms with van der Waals surface area (Å²) < 4.78 is 5.66. The Morgan fingerprint density at radius 1 is 0.909 bits per heavy atom. The van der Waals surface area contributed by atoms with Crippen molar-refractivity contribution in [3.63, 3.8) is 0 Å². The fourth-order valence-corrected chi connectivity index (χ4v) is 2.35. The minimum absolute atomic E-state index is 0. The zero-order valence-electron chi connectivity index (χ0n) is 13.1. The van der Waals surface area contributed by atoms with Crippen LogP contribution in [-0.4, -0.2) is 17.8 Å². The topological polar surface area (TPSA) is 29.5 Å². The van der Waals surface area contributed by atoms with E-state index < -0.39 is 6.10 Å². The Bertz CT molecular complexity index is 526. The van der Waals surface area contributed by atoms with Gasteiger partial charge in [0.05, 0.1) is 6.10 Å². The van der Waals surface area contributed by atoms with Crippen LogP contribution in [0.25, 0.3) is 0 Å². The van der Waals surface area contributed by atoms with E-state index in [1.807, 2.05) is 18.2 Å². The van der Waals surface area contributed by atoms with Crippen molar-refractivity contribution in [1.29, 1.82) is 0 Å². The van der Waals surface area contributed by atoms with Gasteiger partial charge in [-0.1, -0.05) is 48.5 Å². The van der Waals surface area contributed by atoms with Crippen LogP contribution in [0.3, 0.4) is 0 Å². The van der Waals surface area contributed by atoms with Crippen LogP contribution in [-0.2, 0) is 12.8 Å². The summed E-state index contributed by atoms with van der Waals surface area (Å²) in [6.45, 7) is 2.09. The van der Waals surface area contributed by atoms with E-state index in [0.717, 1.165) is 25.0 Å². The molecule has 2 aromatic carbocycles. The smallest absolute Gasteiger partial charge is 0.122 e. The highest BCUT2D eigenvalue weighted by molar-refractivity contribution is 5.85. The number of aliphatic hydroxyl groups excluding tert-OH is 1. The van der Waals surface area contributed by atoms with Crippen LogP contribution < -0.4 is 4.74 Å². The average molecular weight is 321 g/mol. The van der Waals surface area contributed by atoms with E-state index in [1.165, 1.54) is 17.5 Å². The molecule has 0 aliphatic rings. The van der Waals surface area contributed by atoms with Crippen molar-refractivity contribution in [2.45, 2.75) is 38.7 Å². The molecule has 0 aliphatic carbocycles. The van der Waals surface area contributed by atoms with E-state index in [9.17, 15) is 5.11 Å². The molecule has 0 saturated heterocycles. The van der Waals surface area contributed by atoms with Gasteiger partial charge in [-0.25, -0.2) is 0 Å². The molecule has 0 bridgehead atoms. The van der Waals surface area contributed by atoms with Gasteiger partial charge in [-0.2, -0.15) is 0 Å². The van der Waals surface area contributed by atoms with Crippen molar-refractivity contribution in [3.8, 4) is 5.75 Å². The number of aryl methyl sites for hydroxylation is 2. The Balaban J connectivity index is 0.00000242. The summed E-state index contributed by atoms with van der Waals surface area (Å²) in [5, 5.41) is 9.32. The maximum atomic E-state index is 9.32. The second-order valence-corrected chi connectivity index (χ2v) is 5.46. The van der Waals surface area contributed by atoms with Crippen LogP contribution in [0.4, 0.5) is 0 Å². The predicted molar refractivity (Wildman–Crippen MR) is 93.9 cm³/mol. The van der Waals surface area contributed by atoms with Gasteiger partial charge in [-0.3, -0.25) is 0 Å². The van der Waals surface area contributed by atoms with E-state index in [2.05, 4.69) is 36.4 Å². The number of ether oxygens (including phenoxy) is 1. The van der Waals surface area contributed by atoms with E-state index in [1.54, 1.807) is 6.92 Å². The number of hydrogen-bond donors (Lipinski definition) is 1. The lowest BCUT2D eigenvalue weighted by atomic mass is 10.0. The molecule has 3 heteroatoms. The van der Waals surface area contributed by atoms with Gasteiger partial charge in [0.25, 0.3) is 0 Å². The van der Waals surface area contributed by atoms with Crippen molar-refractivity contribution < 1.29 is 9.84 Å². The molecule has 0 saturated carbocycles. The number of rotatable bonds is 8. The minimum Gasteiger partial charge on any atom is -0.491 e. The van der Waals surface area contributed by atoms with Crippen LogP contribution in [0.15, 0.2) is 54.6 Å². The number of aliphatic hydroxyl groups is 1. The zero-order valence-corrected chi connectivity index (χ0v) is 13.9. The third kappa shape index (κ3) is 6.50. The number of halogens is 1. The second-order valence-electron chi connectivity index (χ2n) is 5.46. The largest absolute Gasteiger partial charge is 0.491 e. The Kier molecular flexibility index (Phi) is 8.64. The minimum atomic E-state index is -0.434. The van der Waals surface area contributed by atoms with E-state index in [0.29, 0.717) is 6.61 Å². The first kappa shape index (κ1) is 18.5. The quantitative estimate of drug-likeness (QED) is 0.729. The Labute approximate surface area is 139 Å². The Morgan fingerprint density at radius 2 is 1.55 bits per heavy atom. The SMILES string of the molecule is CC(O)COc1ccccc1CCCCc1ccccc1.Cl. The number of unbranched alkanes of at least 4 members (excludes halogenated alkanes) is 1. The summed E-state index contributed by atoms with van der Waals surface area (Å²) >= 11 is 0. The normalized spacial score (nSPS) is 11.5. The summed E-state index contributed by atoms with van der Waals surface area (Å²) in [7, 11) is 0. The molecule has 2 nitrogen and oxygen atoms in total. The summed E-state index contributed by atoms with van der Waals surface area (Å²) in [6.07, 6.45) is 4.02. The third-order valence-corrected chi connectivity index (χ3v) is 3.46. The third-order valence-electron chi connectivity index (χ3n) is 3.46. The van der Waals surface area contributed by atoms with E-state index in [-0.39, 0.29) is 12.4 Å². The monoisotopic (exact) mass is 320 g/mol. The molecule has 0 radical (unpaired) electrons. The summed E-state index contributed by atoms with van der Waals surface area (Å²) in [6, 6.07) is 18.7. The maximum absolute atomic E-state index is 9.32. The molecule has 1 atom stereocenters. The van der Waals surface area contributed by atoms with Gasteiger partial charge in [-0.15, -0.1) is 12.4 Å². The first-order valence-electron chi connectivity index (χ1n) is 7.68. The number of benzene rings is 2. The molecule has 0 fully saturated rings. The molecular weight excluding hydrogens is 296 g/mol. The molecule has 0 heterocycles. The Morgan fingerprint density at radius 3 is 2.27 bits per heavy atom.